The third-order valence-electron chi connectivity index (χ3n) is 6.22. The van der Waals surface area contributed by atoms with E-state index in [1.807, 2.05) is 6.92 Å². The number of aryl methyl sites for hydroxylation is 1. The summed E-state index contributed by atoms with van der Waals surface area (Å²) in [5, 5.41) is 0.588. The lowest BCUT2D eigenvalue weighted by Crippen LogP contribution is -2.09. The van der Waals surface area contributed by atoms with E-state index in [1.165, 1.54) is 27.4 Å². The summed E-state index contributed by atoms with van der Waals surface area (Å²) < 4.78 is 39.1. The lowest BCUT2D eigenvalue weighted by atomic mass is 10.1. The number of methoxy groups -OCH3 is 3. The predicted molar refractivity (Wildman–Crippen MR) is 143 cm³/mol. The first kappa shape index (κ1) is 25.7. The molecule has 0 spiro atoms. The highest BCUT2D eigenvalue weighted by atomic mass is 16.5. The quantitative estimate of drug-likeness (QED) is 0.154. The molecule has 9 heteroatoms. The monoisotopic (exact) mass is 530 g/mol. The molecule has 1 aliphatic heterocycles. The lowest BCUT2D eigenvalue weighted by Gasteiger charge is -2.14. The second kappa shape index (κ2) is 10.4. The summed E-state index contributed by atoms with van der Waals surface area (Å²) in [6.07, 6.45) is 1.56. The van der Waals surface area contributed by atoms with Gasteiger partial charge in [-0.2, -0.15) is 0 Å². The maximum atomic E-state index is 13.2. The molecule has 1 aromatic heterocycles. The molecule has 0 saturated heterocycles. The Kier molecular flexibility index (Phi) is 6.89. The fourth-order valence-corrected chi connectivity index (χ4v) is 4.48. The summed E-state index contributed by atoms with van der Waals surface area (Å²) in [6.45, 7) is 4.07. The fraction of sp³-hybridized carbons (Fsp3) is 0.200. The van der Waals surface area contributed by atoms with E-state index in [0.717, 1.165) is 0 Å². The zero-order chi connectivity index (χ0) is 27.7. The first-order valence-corrected chi connectivity index (χ1v) is 12.1. The number of allylic oxidation sites excluding steroid dienone is 1. The number of Topliss-reactive ketones (excluding diaryl/α,β-unsaturated/α-hetero) is 1. The van der Waals surface area contributed by atoms with Crippen molar-refractivity contribution < 1.29 is 42.4 Å². The van der Waals surface area contributed by atoms with Gasteiger partial charge in [0.05, 0.1) is 33.5 Å². The summed E-state index contributed by atoms with van der Waals surface area (Å²) in [4.78, 5) is 26.2. The summed E-state index contributed by atoms with van der Waals surface area (Å²) in [6, 6.07) is 13.3. The van der Waals surface area contributed by atoms with E-state index >= 15 is 0 Å². The van der Waals surface area contributed by atoms with Crippen LogP contribution in [0.2, 0.25) is 0 Å². The van der Waals surface area contributed by atoms with Crippen molar-refractivity contribution in [2.24, 2.45) is 0 Å². The van der Waals surface area contributed by atoms with Gasteiger partial charge in [-0.25, -0.2) is 4.79 Å². The first-order chi connectivity index (χ1) is 18.9. The first-order valence-electron chi connectivity index (χ1n) is 12.1. The summed E-state index contributed by atoms with van der Waals surface area (Å²) in [5.41, 5.74) is 1.75. The number of hydrogen-bond acceptors (Lipinski definition) is 9. The Hall–Kier alpha value is -4.92. The molecule has 0 amide bonds. The van der Waals surface area contributed by atoms with Crippen molar-refractivity contribution in [3.63, 3.8) is 0 Å². The van der Waals surface area contributed by atoms with Gasteiger partial charge in [0.1, 0.15) is 34.2 Å². The summed E-state index contributed by atoms with van der Waals surface area (Å²) in [7, 11) is 4.52. The van der Waals surface area contributed by atoms with Crippen LogP contribution >= 0.6 is 0 Å². The molecule has 0 radical (unpaired) electrons. The predicted octanol–water partition coefficient (Wildman–Crippen LogP) is 6.00. The Morgan fingerprint density at radius 1 is 0.923 bits per heavy atom. The maximum absolute atomic E-state index is 13.2. The number of ketones is 1. The zero-order valence-corrected chi connectivity index (χ0v) is 22.1. The molecule has 0 saturated carbocycles. The smallest absolute Gasteiger partial charge is 0.347 e. The van der Waals surface area contributed by atoms with Gasteiger partial charge < -0.3 is 32.8 Å². The van der Waals surface area contributed by atoms with Crippen LogP contribution in [0.15, 0.2) is 58.7 Å². The van der Waals surface area contributed by atoms with Crippen molar-refractivity contribution in [3.05, 3.63) is 76.7 Å². The SMILES string of the molecule is CCOc1ccc2oc(C)c(C(=O)Oc3ccc4c(c3)OC(=Cc3ccc(OC)c(OC)c3OC)C4=O)c2c1. The van der Waals surface area contributed by atoms with Gasteiger partial charge in [0.15, 0.2) is 17.3 Å². The van der Waals surface area contributed by atoms with E-state index in [9.17, 15) is 9.59 Å². The van der Waals surface area contributed by atoms with Crippen LogP contribution in [0.4, 0.5) is 0 Å². The molecule has 5 rings (SSSR count). The second-order valence-electron chi connectivity index (χ2n) is 8.54. The number of fused-ring (bicyclic) bond motifs is 2. The minimum Gasteiger partial charge on any atom is -0.494 e. The van der Waals surface area contributed by atoms with Crippen molar-refractivity contribution in [1.29, 1.82) is 0 Å². The number of rotatable bonds is 8. The van der Waals surface area contributed by atoms with Crippen molar-refractivity contribution in [3.8, 4) is 34.5 Å². The third kappa shape index (κ3) is 4.63. The lowest BCUT2D eigenvalue weighted by molar-refractivity contribution is 0.0734. The minimum absolute atomic E-state index is 0.0825. The molecule has 0 aliphatic carbocycles. The number of benzene rings is 3. The molecule has 0 bridgehead atoms. The van der Waals surface area contributed by atoms with Gasteiger partial charge in [-0.05, 0) is 62.4 Å². The molecule has 9 nitrogen and oxygen atoms in total. The Labute approximate surface area is 224 Å². The zero-order valence-electron chi connectivity index (χ0n) is 22.1. The molecule has 0 N–H and O–H groups in total. The van der Waals surface area contributed by atoms with Gasteiger partial charge in [0.2, 0.25) is 11.5 Å². The van der Waals surface area contributed by atoms with Gasteiger partial charge in [-0.15, -0.1) is 0 Å². The molecule has 0 fully saturated rings. The second-order valence-corrected chi connectivity index (χ2v) is 8.54. The van der Waals surface area contributed by atoms with Crippen LogP contribution in [0.25, 0.3) is 17.0 Å². The van der Waals surface area contributed by atoms with Crippen LogP contribution in [0.3, 0.4) is 0 Å². The maximum Gasteiger partial charge on any atom is 0.347 e. The van der Waals surface area contributed by atoms with Crippen LogP contribution < -0.4 is 28.4 Å². The Balaban J connectivity index is 1.42. The molecule has 0 atom stereocenters. The molecule has 39 heavy (non-hydrogen) atoms. The van der Waals surface area contributed by atoms with E-state index < -0.39 is 5.97 Å². The number of ether oxygens (including phenoxy) is 6. The molecular formula is C30H26O9. The number of carbonyl (C=O) groups is 2. The molecule has 0 unspecified atom stereocenters. The van der Waals surface area contributed by atoms with Gasteiger partial charge in [-0.1, -0.05) is 0 Å². The van der Waals surface area contributed by atoms with E-state index in [0.29, 0.717) is 63.0 Å². The number of esters is 1. The average Bonchev–Trinajstić information content (AvgIpc) is 3.42. The van der Waals surface area contributed by atoms with E-state index in [1.54, 1.807) is 55.5 Å². The molecule has 200 valence electrons. The van der Waals surface area contributed by atoms with E-state index in [2.05, 4.69) is 0 Å². The average molecular weight is 531 g/mol. The van der Waals surface area contributed by atoms with E-state index in [4.69, 9.17) is 32.8 Å². The van der Waals surface area contributed by atoms with Crippen LogP contribution in [0.1, 0.15) is 39.0 Å². The van der Waals surface area contributed by atoms with Crippen LogP contribution in [0, 0.1) is 6.92 Å². The van der Waals surface area contributed by atoms with Crippen molar-refractivity contribution >= 4 is 28.8 Å². The van der Waals surface area contributed by atoms with Gasteiger partial charge >= 0.3 is 5.97 Å². The van der Waals surface area contributed by atoms with Crippen LogP contribution in [-0.2, 0) is 0 Å². The highest BCUT2D eigenvalue weighted by Crippen LogP contribution is 2.42. The molecular weight excluding hydrogens is 504 g/mol. The highest BCUT2D eigenvalue weighted by Gasteiger charge is 2.29. The van der Waals surface area contributed by atoms with Crippen molar-refractivity contribution in [2.45, 2.75) is 13.8 Å². The molecule has 4 aromatic rings. The standard InChI is InChI=1S/C30H26O9/c1-6-36-18-9-12-22-21(14-18)26(16(2)37-22)30(32)38-19-8-10-20-24(15-19)39-25(27(20)31)13-17-7-11-23(33-3)29(35-5)28(17)34-4/h7-15H,6H2,1-5H3. The third-order valence-corrected chi connectivity index (χ3v) is 6.22. The molecule has 2 heterocycles. The van der Waals surface area contributed by atoms with Crippen molar-refractivity contribution in [1.82, 2.24) is 0 Å². The summed E-state index contributed by atoms with van der Waals surface area (Å²) in [5.74, 6) is 1.95. The topological polar surface area (TPSA) is 103 Å². The summed E-state index contributed by atoms with van der Waals surface area (Å²) >= 11 is 0. The fourth-order valence-electron chi connectivity index (χ4n) is 4.48. The number of hydrogen-bond donors (Lipinski definition) is 0. The number of carbonyl (C=O) groups excluding carboxylic acids is 2. The van der Waals surface area contributed by atoms with Crippen LogP contribution in [0.5, 0.6) is 34.5 Å². The molecule has 3 aromatic carbocycles. The normalized spacial score (nSPS) is 13.3. The number of furan rings is 1. The van der Waals surface area contributed by atoms with Gasteiger partial charge in [-0.3, -0.25) is 4.79 Å². The Morgan fingerprint density at radius 3 is 2.41 bits per heavy atom. The largest absolute Gasteiger partial charge is 0.494 e. The Morgan fingerprint density at radius 2 is 1.69 bits per heavy atom. The van der Waals surface area contributed by atoms with E-state index in [-0.39, 0.29) is 23.0 Å². The molecule has 1 aliphatic rings. The van der Waals surface area contributed by atoms with Crippen molar-refractivity contribution in [2.75, 3.05) is 27.9 Å². The van der Waals surface area contributed by atoms with Gasteiger partial charge in [0, 0.05) is 17.0 Å². The minimum atomic E-state index is -0.602. The highest BCUT2D eigenvalue weighted by molar-refractivity contribution is 6.15. The van der Waals surface area contributed by atoms with Crippen LogP contribution in [-0.4, -0.2) is 39.7 Å². The van der Waals surface area contributed by atoms with Gasteiger partial charge in [0.25, 0.3) is 0 Å². The Bertz CT molecular complexity index is 1630.